The molecule has 0 bridgehead atoms. The first-order valence-corrected chi connectivity index (χ1v) is 11.4. The van der Waals surface area contributed by atoms with Gasteiger partial charge in [0.15, 0.2) is 0 Å². The van der Waals surface area contributed by atoms with Gasteiger partial charge < -0.3 is 14.2 Å². The Balaban J connectivity index is 1.51. The molecule has 2 aromatic carbocycles. The van der Waals surface area contributed by atoms with E-state index in [0.29, 0.717) is 13.2 Å². The zero-order chi connectivity index (χ0) is 23.9. The van der Waals surface area contributed by atoms with Gasteiger partial charge in [-0.05, 0) is 36.6 Å². The smallest absolute Gasteiger partial charge is 0.333 e. The van der Waals surface area contributed by atoms with Crippen LogP contribution in [0.3, 0.4) is 0 Å². The van der Waals surface area contributed by atoms with Crippen LogP contribution in [0.2, 0.25) is 0 Å². The maximum Gasteiger partial charge on any atom is 0.333 e. The van der Waals surface area contributed by atoms with Crippen LogP contribution in [-0.4, -0.2) is 29.0 Å². The van der Waals surface area contributed by atoms with Gasteiger partial charge in [-0.1, -0.05) is 54.6 Å². The van der Waals surface area contributed by atoms with Crippen LogP contribution >= 0.6 is 0 Å². The Hall–Kier alpha value is -3.42. The Labute approximate surface area is 198 Å². The van der Waals surface area contributed by atoms with Gasteiger partial charge in [-0.25, -0.2) is 4.79 Å². The molecule has 0 amide bonds. The molecule has 1 fully saturated rings. The van der Waals surface area contributed by atoms with Gasteiger partial charge in [0, 0.05) is 18.2 Å². The third-order valence-electron chi connectivity index (χ3n) is 5.96. The van der Waals surface area contributed by atoms with E-state index in [9.17, 15) is 9.59 Å². The number of hydrogen-bond donors (Lipinski definition) is 0. The molecule has 3 aromatic rings. The monoisotopic (exact) mass is 462 g/mol. The van der Waals surface area contributed by atoms with Crippen molar-refractivity contribution in [1.82, 2.24) is 9.13 Å². The lowest BCUT2D eigenvalue weighted by atomic mass is 10.0. The third-order valence-corrected chi connectivity index (χ3v) is 5.96. The lowest BCUT2D eigenvalue weighted by Crippen LogP contribution is -2.41. The summed E-state index contributed by atoms with van der Waals surface area (Å²) >= 11 is 0. The van der Waals surface area contributed by atoms with Gasteiger partial charge in [0.05, 0.1) is 33.0 Å². The van der Waals surface area contributed by atoms with Gasteiger partial charge in [-0.3, -0.25) is 13.9 Å². The SMILES string of the molecule is C/C=C/[C@H]1C[C@@H](COCc2ccccc2)O[C@H]1n1ccc(=O)n(Cc2ccc(OC)cc2)c1=O. The minimum atomic E-state index is -0.503. The molecule has 0 saturated carbocycles. The Morgan fingerprint density at radius 3 is 2.50 bits per heavy atom. The van der Waals surface area contributed by atoms with Gasteiger partial charge in [-0.2, -0.15) is 0 Å². The van der Waals surface area contributed by atoms with E-state index in [-0.39, 0.29) is 24.1 Å². The van der Waals surface area contributed by atoms with Crippen LogP contribution in [0.5, 0.6) is 5.75 Å². The van der Waals surface area contributed by atoms with Gasteiger partial charge in [-0.15, -0.1) is 0 Å². The molecule has 1 aromatic heterocycles. The second kappa shape index (κ2) is 11.1. The number of ether oxygens (including phenoxy) is 3. The van der Waals surface area contributed by atoms with Crippen LogP contribution in [0.15, 0.2) is 88.6 Å². The van der Waals surface area contributed by atoms with Gasteiger partial charge in [0.1, 0.15) is 12.0 Å². The summed E-state index contributed by atoms with van der Waals surface area (Å²) in [7, 11) is 1.60. The zero-order valence-corrected chi connectivity index (χ0v) is 19.5. The van der Waals surface area contributed by atoms with Crippen molar-refractivity contribution >= 4 is 0 Å². The highest BCUT2D eigenvalue weighted by molar-refractivity contribution is 5.27. The molecule has 0 aliphatic carbocycles. The van der Waals surface area contributed by atoms with E-state index in [1.807, 2.05) is 73.7 Å². The number of allylic oxidation sites excluding steroid dienone is 1. The van der Waals surface area contributed by atoms with E-state index in [0.717, 1.165) is 23.3 Å². The number of hydrogen-bond acceptors (Lipinski definition) is 5. The first kappa shape index (κ1) is 23.7. The summed E-state index contributed by atoms with van der Waals surface area (Å²) in [5.41, 5.74) is 1.19. The van der Waals surface area contributed by atoms with Crippen LogP contribution in [0.25, 0.3) is 0 Å². The van der Waals surface area contributed by atoms with Crippen molar-refractivity contribution in [3.63, 3.8) is 0 Å². The van der Waals surface area contributed by atoms with Gasteiger partial charge >= 0.3 is 5.69 Å². The average molecular weight is 463 g/mol. The number of methoxy groups -OCH3 is 1. The molecule has 178 valence electrons. The van der Waals surface area contributed by atoms with Crippen molar-refractivity contribution in [3.05, 3.63) is 111 Å². The highest BCUT2D eigenvalue weighted by Crippen LogP contribution is 2.34. The van der Waals surface area contributed by atoms with Crippen LogP contribution in [0, 0.1) is 5.92 Å². The molecule has 7 heteroatoms. The Kier molecular flexibility index (Phi) is 7.77. The summed E-state index contributed by atoms with van der Waals surface area (Å²) in [5.74, 6) is 0.718. The maximum atomic E-state index is 13.3. The average Bonchev–Trinajstić information content (AvgIpc) is 3.25. The molecule has 2 heterocycles. The lowest BCUT2D eigenvalue weighted by Gasteiger charge is -2.20. The van der Waals surface area contributed by atoms with Crippen molar-refractivity contribution < 1.29 is 14.2 Å². The van der Waals surface area contributed by atoms with E-state index in [1.54, 1.807) is 7.11 Å². The number of rotatable bonds is 9. The third kappa shape index (κ3) is 5.55. The fraction of sp³-hybridized carbons (Fsp3) is 0.333. The van der Waals surface area contributed by atoms with Crippen molar-refractivity contribution in [2.75, 3.05) is 13.7 Å². The molecule has 1 aliphatic rings. The molecule has 1 aliphatic heterocycles. The quantitative estimate of drug-likeness (QED) is 0.453. The highest BCUT2D eigenvalue weighted by Gasteiger charge is 2.35. The van der Waals surface area contributed by atoms with E-state index >= 15 is 0 Å². The normalized spacial score (nSPS) is 20.1. The Morgan fingerprint density at radius 2 is 1.79 bits per heavy atom. The molecule has 7 nitrogen and oxygen atoms in total. The van der Waals surface area contributed by atoms with Crippen LogP contribution in [0.1, 0.15) is 30.7 Å². The minimum Gasteiger partial charge on any atom is -0.497 e. The Bertz CT molecular complexity index is 1210. The predicted molar refractivity (Wildman–Crippen MR) is 130 cm³/mol. The molecule has 3 atom stereocenters. The lowest BCUT2D eigenvalue weighted by molar-refractivity contribution is -0.0512. The molecule has 4 rings (SSSR count). The zero-order valence-electron chi connectivity index (χ0n) is 19.5. The van der Waals surface area contributed by atoms with E-state index in [2.05, 4.69) is 0 Å². The molecule has 0 unspecified atom stereocenters. The first-order valence-electron chi connectivity index (χ1n) is 11.4. The summed E-state index contributed by atoms with van der Waals surface area (Å²) in [6.07, 6.45) is 5.62. The van der Waals surface area contributed by atoms with Crippen molar-refractivity contribution in [1.29, 1.82) is 0 Å². The second-order valence-corrected chi connectivity index (χ2v) is 8.35. The number of nitrogens with zero attached hydrogens (tertiary/aromatic N) is 2. The summed E-state index contributed by atoms with van der Waals surface area (Å²) in [4.78, 5) is 25.9. The largest absolute Gasteiger partial charge is 0.497 e. The summed E-state index contributed by atoms with van der Waals surface area (Å²) in [6.45, 7) is 3.06. The molecule has 0 spiro atoms. The van der Waals surface area contributed by atoms with Crippen LogP contribution in [0.4, 0.5) is 0 Å². The topological polar surface area (TPSA) is 71.7 Å². The summed E-state index contributed by atoms with van der Waals surface area (Å²) in [5, 5.41) is 0. The van der Waals surface area contributed by atoms with Crippen LogP contribution < -0.4 is 16.0 Å². The Morgan fingerprint density at radius 1 is 1.03 bits per heavy atom. The summed E-state index contributed by atoms with van der Waals surface area (Å²) in [6, 6.07) is 18.7. The highest BCUT2D eigenvalue weighted by atomic mass is 16.6. The standard InChI is InChI=1S/C27H30N2O5/c1-3-7-22-16-24(19-33-18-21-8-5-4-6-9-21)34-26(22)28-15-14-25(30)29(27(28)31)17-20-10-12-23(32-2)13-11-20/h3-15,22,24,26H,16-19H2,1-2H3/b7-3+/t22-,24-,26+/m0/s1. The molecule has 0 N–H and O–H groups in total. The van der Waals surface area contributed by atoms with Crippen molar-refractivity contribution in [2.45, 2.75) is 38.8 Å². The van der Waals surface area contributed by atoms with E-state index < -0.39 is 11.9 Å². The van der Waals surface area contributed by atoms with Crippen molar-refractivity contribution in [3.8, 4) is 5.75 Å². The fourth-order valence-electron chi connectivity index (χ4n) is 4.24. The van der Waals surface area contributed by atoms with E-state index in [1.165, 1.54) is 21.4 Å². The maximum absolute atomic E-state index is 13.3. The van der Waals surface area contributed by atoms with E-state index in [4.69, 9.17) is 14.2 Å². The van der Waals surface area contributed by atoms with Crippen molar-refractivity contribution in [2.24, 2.45) is 5.92 Å². The molecule has 34 heavy (non-hydrogen) atoms. The molecule has 0 radical (unpaired) electrons. The van der Waals surface area contributed by atoms with Crippen LogP contribution in [-0.2, 0) is 22.6 Å². The van der Waals surface area contributed by atoms with Gasteiger partial charge in [0.25, 0.3) is 5.56 Å². The minimum absolute atomic E-state index is 0.0000336. The first-order chi connectivity index (χ1) is 16.6. The van der Waals surface area contributed by atoms with Gasteiger partial charge in [0.2, 0.25) is 0 Å². The fourth-order valence-corrected chi connectivity index (χ4v) is 4.24. The molecular weight excluding hydrogens is 432 g/mol. The molecular formula is C27H30N2O5. The number of benzene rings is 2. The predicted octanol–water partition coefficient (Wildman–Crippen LogP) is 3.76. The number of aromatic nitrogens is 2. The molecule has 1 saturated heterocycles. The summed E-state index contributed by atoms with van der Waals surface area (Å²) < 4.78 is 20.1. The second-order valence-electron chi connectivity index (χ2n) is 8.35.